The molecule has 5 heteroatoms. The van der Waals surface area contributed by atoms with E-state index < -0.39 is 12.1 Å². The third-order valence-corrected chi connectivity index (χ3v) is 5.06. The number of benzene rings is 1. The number of carbonyl (C=O) groups is 2. The van der Waals surface area contributed by atoms with Gasteiger partial charge in [-0.3, -0.25) is 4.79 Å². The number of carboxylic acid groups (broad SMARTS) is 1. The van der Waals surface area contributed by atoms with E-state index in [1.165, 1.54) is 0 Å². The number of carboxylic acids is 1. The maximum absolute atomic E-state index is 12.2. The van der Waals surface area contributed by atoms with Crippen molar-refractivity contribution >= 4 is 11.9 Å². The molecule has 1 aliphatic heterocycles. The van der Waals surface area contributed by atoms with Crippen LogP contribution in [0.3, 0.4) is 0 Å². The fourth-order valence-electron chi connectivity index (χ4n) is 3.22. The quantitative estimate of drug-likeness (QED) is 0.533. The molecule has 3 atom stereocenters. The lowest BCUT2D eigenvalue weighted by atomic mass is 10.00. The molecule has 2 rings (SSSR count). The number of carbonyl (C=O) groups excluding carboxylic acids is 1. The summed E-state index contributed by atoms with van der Waals surface area (Å²) in [4.78, 5) is 25.0. The third-order valence-electron chi connectivity index (χ3n) is 5.06. The number of hydrogen-bond donors (Lipinski definition) is 2. The van der Waals surface area contributed by atoms with E-state index in [-0.39, 0.29) is 23.4 Å². The lowest BCUT2D eigenvalue weighted by molar-refractivity contribution is -0.128. The van der Waals surface area contributed by atoms with E-state index >= 15 is 0 Å². The third kappa shape index (κ3) is 6.24. The topological polar surface area (TPSA) is 77.8 Å². The largest absolute Gasteiger partial charge is 0.478 e. The van der Waals surface area contributed by atoms with Gasteiger partial charge in [-0.15, -0.1) is 11.8 Å². The first-order valence-electron chi connectivity index (χ1n) is 9.86. The predicted octanol–water partition coefficient (Wildman–Crippen LogP) is 3.28. The van der Waals surface area contributed by atoms with Gasteiger partial charge in [0, 0.05) is 25.8 Å². The summed E-state index contributed by atoms with van der Waals surface area (Å²) in [5.74, 6) is 5.30. The molecule has 1 fully saturated rings. The van der Waals surface area contributed by atoms with Gasteiger partial charge >= 0.3 is 5.97 Å². The van der Waals surface area contributed by atoms with Crippen molar-refractivity contribution < 1.29 is 19.8 Å². The van der Waals surface area contributed by atoms with Crippen LogP contribution in [0.25, 0.3) is 0 Å². The molecule has 1 aliphatic rings. The molecule has 0 aliphatic carbocycles. The summed E-state index contributed by atoms with van der Waals surface area (Å²) in [7, 11) is 0. The van der Waals surface area contributed by atoms with Gasteiger partial charge in [0.25, 0.3) is 0 Å². The Kier molecular flexibility index (Phi) is 8.28. The number of aromatic carboxylic acids is 1. The van der Waals surface area contributed by atoms with E-state index in [4.69, 9.17) is 5.11 Å². The molecular formula is C23H29NO4. The molecule has 150 valence electrons. The molecule has 5 nitrogen and oxygen atoms in total. The van der Waals surface area contributed by atoms with Gasteiger partial charge in [0.15, 0.2) is 0 Å². The van der Waals surface area contributed by atoms with Crippen LogP contribution in [0.15, 0.2) is 36.4 Å². The van der Waals surface area contributed by atoms with Crippen molar-refractivity contribution in [2.75, 3.05) is 6.54 Å². The predicted molar refractivity (Wildman–Crippen MR) is 109 cm³/mol. The highest BCUT2D eigenvalue weighted by Crippen LogP contribution is 2.21. The maximum atomic E-state index is 12.2. The second kappa shape index (κ2) is 10.7. The molecule has 1 aromatic rings. The highest BCUT2D eigenvalue weighted by molar-refractivity contribution is 5.87. The van der Waals surface area contributed by atoms with E-state index in [2.05, 4.69) is 11.8 Å². The van der Waals surface area contributed by atoms with E-state index in [0.717, 1.165) is 18.4 Å². The van der Waals surface area contributed by atoms with Gasteiger partial charge in [-0.2, -0.15) is 0 Å². The molecule has 0 bridgehead atoms. The molecule has 28 heavy (non-hydrogen) atoms. The van der Waals surface area contributed by atoms with Crippen LogP contribution in [0.2, 0.25) is 0 Å². The maximum Gasteiger partial charge on any atom is 0.335 e. The molecular weight excluding hydrogens is 354 g/mol. The summed E-state index contributed by atoms with van der Waals surface area (Å²) in [5, 5.41) is 19.3. The fraction of sp³-hybridized carbons (Fsp3) is 0.478. The average molecular weight is 383 g/mol. The van der Waals surface area contributed by atoms with E-state index in [1.54, 1.807) is 30.3 Å². The van der Waals surface area contributed by atoms with E-state index in [0.29, 0.717) is 25.8 Å². The Morgan fingerprint density at radius 2 is 2.04 bits per heavy atom. The molecule has 0 radical (unpaired) electrons. The minimum absolute atomic E-state index is 0.00521. The number of aliphatic hydroxyl groups excluding tert-OH is 1. The molecule has 1 heterocycles. The highest BCUT2D eigenvalue weighted by Gasteiger charge is 2.28. The standard InChI is InChI=1S/C23H29NO4/c1-3-4-5-6-17(2)21(25)13-11-20-12-14-22(26)24(20)16-15-18-7-9-19(10-8-18)23(27)28/h7-11,13,17,20-21,25H,3,6,12,14-16H2,1-2H3,(H,27,28)/t17-,20-,21+/m0/s1. The van der Waals surface area contributed by atoms with Crippen molar-refractivity contribution in [3.8, 4) is 11.8 Å². The summed E-state index contributed by atoms with van der Waals surface area (Å²) in [6.07, 6.45) is 6.55. The molecule has 0 unspecified atom stereocenters. The minimum atomic E-state index is -0.945. The number of hydrogen-bond acceptors (Lipinski definition) is 3. The van der Waals surface area contributed by atoms with Gasteiger partial charge in [-0.25, -0.2) is 4.79 Å². The number of rotatable bonds is 8. The SMILES string of the molecule is CCC#CC[C@H](C)[C@H](O)C=C[C@H]1CCC(=O)N1CCc1ccc(C(=O)O)cc1. The van der Waals surface area contributed by atoms with Crippen LogP contribution in [0.4, 0.5) is 0 Å². The Morgan fingerprint density at radius 3 is 2.68 bits per heavy atom. The summed E-state index contributed by atoms with van der Waals surface area (Å²) in [6, 6.07) is 6.74. The van der Waals surface area contributed by atoms with Crippen molar-refractivity contribution in [2.24, 2.45) is 5.92 Å². The van der Waals surface area contributed by atoms with Crippen LogP contribution in [0.1, 0.15) is 55.5 Å². The Hall–Kier alpha value is -2.58. The lowest BCUT2D eigenvalue weighted by Crippen LogP contribution is -2.34. The normalized spacial score (nSPS) is 18.8. The van der Waals surface area contributed by atoms with Crippen LogP contribution >= 0.6 is 0 Å². The van der Waals surface area contributed by atoms with Crippen LogP contribution in [-0.4, -0.2) is 45.7 Å². The zero-order chi connectivity index (χ0) is 20.5. The average Bonchev–Trinajstić information content (AvgIpc) is 3.04. The van der Waals surface area contributed by atoms with Gasteiger partial charge in [-0.1, -0.05) is 38.1 Å². The van der Waals surface area contributed by atoms with Gasteiger partial charge in [0.2, 0.25) is 5.91 Å². The number of aliphatic hydroxyl groups is 1. The molecule has 0 aromatic heterocycles. The number of likely N-dealkylation sites (tertiary alicyclic amines) is 1. The summed E-state index contributed by atoms with van der Waals surface area (Å²) < 4.78 is 0. The van der Waals surface area contributed by atoms with Gasteiger partial charge in [0.1, 0.15) is 0 Å². The number of nitrogens with zero attached hydrogens (tertiary/aromatic N) is 1. The van der Waals surface area contributed by atoms with Crippen molar-refractivity contribution in [3.63, 3.8) is 0 Å². The number of amides is 1. The summed E-state index contributed by atoms with van der Waals surface area (Å²) in [5.41, 5.74) is 1.25. The first-order valence-corrected chi connectivity index (χ1v) is 9.86. The van der Waals surface area contributed by atoms with Crippen molar-refractivity contribution in [1.29, 1.82) is 0 Å². The van der Waals surface area contributed by atoms with Crippen LogP contribution in [0.5, 0.6) is 0 Å². The Balaban J connectivity index is 1.92. The Labute approximate surface area is 167 Å². The highest BCUT2D eigenvalue weighted by atomic mass is 16.4. The second-order valence-corrected chi connectivity index (χ2v) is 7.21. The molecule has 1 aromatic carbocycles. The van der Waals surface area contributed by atoms with Crippen molar-refractivity contribution in [2.45, 2.75) is 58.1 Å². The first-order chi connectivity index (χ1) is 13.4. The lowest BCUT2D eigenvalue weighted by Gasteiger charge is -2.23. The van der Waals surface area contributed by atoms with Crippen LogP contribution in [-0.2, 0) is 11.2 Å². The Bertz CT molecular complexity index is 757. The summed E-state index contributed by atoms with van der Waals surface area (Å²) >= 11 is 0. The fourth-order valence-corrected chi connectivity index (χ4v) is 3.22. The van der Waals surface area contributed by atoms with Gasteiger partial charge < -0.3 is 15.1 Å². The van der Waals surface area contributed by atoms with E-state index in [1.807, 2.05) is 24.8 Å². The first kappa shape index (κ1) is 21.7. The Morgan fingerprint density at radius 1 is 1.32 bits per heavy atom. The monoisotopic (exact) mass is 383 g/mol. The zero-order valence-electron chi connectivity index (χ0n) is 16.6. The van der Waals surface area contributed by atoms with Crippen LogP contribution < -0.4 is 0 Å². The van der Waals surface area contributed by atoms with Gasteiger partial charge in [-0.05, 0) is 36.5 Å². The van der Waals surface area contributed by atoms with E-state index in [9.17, 15) is 14.7 Å². The molecule has 0 saturated carbocycles. The zero-order valence-corrected chi connectivity index (χ0v) is 16.6. The van der Waals surface area contributed by atoms with Crippen LogP contribution in [0, 0.1) is 17.8 Å². The minimum Gasteiger partial charge on any atom is -0.478 e. The van der Waals surface area contributed by atoms with Crippen molar-refractivity contribution in [1.82, 2.24) is 4.90 Å². The molecule has 1 saturated heterocycles. The van der Waals surface area contributed by atoms with Crippen molar-refractivity contribution in [3.05, 3.63) is 47.5 Å². The molecule has 2 N–H and O–H groups in total. The second-order valence-electron chi connectivity index (χ2n) is 7.21. The summed E-state index contributed by atoms with van der Waals surface area (Å²) in [6.45, 7) is 4.55. The molecule has 1 amide bonds. The molecule has 0 spiro atoms. The van der Waals surface area contributed by atoms with Gasteiger partial charge in [0.05, 0.1) is 17.7 Å². The smallest absolute Gasteiger partial charge is 0.335 e.